The molecule has 0 aliphatic rings. The fourth-order valence-electron chi connectivity index (χ4n) is 1.26. The van der Waals surface area contributed by atoms with Crippen LogP contribution >= 0.6 is 12.2 Å². The maximum atomic E-state index is 4.99. The van der Waals surface area contributed by atoms with Crippen molar-refractivity contribution in [3.8, 4) is 0 Å². The van der Waals surface area contributed by atoms with E-state index < -0.39 is 0 Å². The molecule has 86 valence electrons. The Balaban J connectivity index is 2.62. The van der Waals surface area contributed by atoms with Crippen molar-refractivity contribution in [1.29, 1.82) is 0 Å². The largest absolute Gasteiger partial charge is 0.362 e. The van der Waals surface area contributed by atoms with Crippen LogP contribution in [0.25, 0.3) is 0 Å². The third kappa shape index (κ3) is 3.98. The van der Waals surface area contributed by atoms with Gasteiger partial charge in [-0.15, -0.1) is 0 Å². The highest BCUT2D eigenvalue weighted by atomic mass is 32.1. The number of thiocarbonyl (C=S) groups is 1. The Hall–Kier alpha value is -1.42. The first-order chi connectivity index (χ1) is 7.63. The average Bonchev–Trinajstić information content (AvgIpc) is 2.23. The Labute approximate surface area is 102 Å². The molecule has 3 nitrogen and oxygen atoms in total. The first kappa shape index (κ1) is 12.6. The van der Waals surface area contributed by atoms with Gasteiger partial charge in [0.15, 0.2) is 5.11 Å². The van der Waals surface area contributed by atoms with Gasteiger partial charge in [0, 0.05) is 6.54 Å². The average molecular weight is 235 g/mol. The molecule has 0 saturated carbocycles. The van der Waals surface area contributed by atoms with Crippen molar-refractivity contribution in [2.24, 2.45) is 5.10 Å². The fourth-order valence-corrected chi connectivity index (χ4v) is 1.46. The molecule has 1 aromatic rings. The van der Waals surface area contributed by atoms with Crippen molar-refractivity contribution in [2.75, 3.05) is 6.54 Å². The number of hydrogen-bond acceptors (Lipinski definition) is 2. The van der Waals surface area contributed by atoms with Crippen molar-refractivity contribution in [3.63, 3.8) is 0 Å². The van der Waals surface area contributed by atoms with Crippen LogP contribution in [0, 0.1) is 13.8 Å². The van der Waals surface area contributed by atoms with E-state index in [1.807, 2.05) is 6.92 Å². The summed E-state index contributed by atoms with van der Waals surface area (Å²) in [6.07, 6.45) is 1.78. The Kier molecular flexibility index (Phi) is 4.92. The summed E-state index contributed by atoms with van der Waals surface area (Å²) in [5.74, 6) is 0. The smallest absolute Gasteiger partial charge is 0.186 e. The number of nitrogens with one attached hydrogen (secondary N) is 2. The van der Waals surface area contributed by atoms with Crippen LogP contribution in [-0.2, 0) is 0 Å². The molecule has 0 radical (unpaired) electrons. The molecular weight excluding hydrogens is 218 g/mol. The summed E-state index contributed by atoms with van der Waals surface area (Å²) in [6, 6.07) is 6.26. The molecule has 16 heavy (non-hydrogen) atoms. The molecule has 0 aliphatic carbocycles. The minimum atomic E-state index is 0.545. The van der Waals surface area contributed by atoms with Crippen LogP contribution in [0.3, 0.4) is 0 Å². The van der Waals surface area contributed by atoms with E-state index in [1.165, 1.54) is 11.1 Å². The van der Waals surface area contributed by atoms with E-state index in [1.54, 1.807) is 6.21 Å². The summed E-state index contributed by atoms with van der Waals surface area (Å²) in [5, 5.41) is 7.59. The van der Waals surface area contributed by atoms with Crippen LogP contribution in [0.5, 0.6) is 0 Å². The molecule has 0 bridgehead atoms. The quantitative estimate of drug-likeness (QED) is 0.479. The highest BCUT2D eigenvalue weighted by molar-refractivity contribution is 7.80. The van der Waals surface area contributed by atoms with Crippen molar-refractivity contribution in [2.45, 2.75) is 20.8 Å². The molecule has 0 aliphatic heterocycles. The molecule has 0 spiro atoms. The van der Waals surface area contributed by atoms with E-state index in [4.69, 9.17) is 12.2 Å². The Morgan fingerprint density at radius 1 is 1.44 bits per heavy atom. The molecular formula is C12H17N3S. The van der Waals surface area contributed by atoms with Gasteiger partial charge in [-0.25, -0.2) is 0 Å². The fraction of sp³-hybridized carbons (Fsp3) is 0.333. The van der Waals surface area contributed by atoms with Gasteiger partial charge in [-0.3, -0.25) is 5.43 Å². The molecule has 0 heterocycles. The molecule has 1 aromatic carbocycles. The van der Waals surface area contributed by atoms with Gasteiger partial charge in [0.25, 0.3) is 0 Å². The molecule has 0 saturated heterocycles. The zero-order chi connectivity index (χ0) is 12.0. The van der Waals surface area contributed by atoms with Gasteiger partial charge in [-0.1, -0.05) is 23.8 Å². The highest BCUT2D eigenvalue weighted by Crippen LogP contribution is 2.07. The standard InChI is InChI=1S/C12H17N3S/c1-4-13-12(16)15-14-8-11-7-9(2)5-6-10(11)3/h5-8H,4H2,1-3H3,(H2,13,15,16). The topological polar surface area (TPSA) is 36.4 Å². The zero-order valence-corrected chi connectivity index (χ0v) is 10.7. The predicted molar refractivity (Wildman–Crippen MR) is 72.9 cm³/mol. The second kappa shape index (κ2) is 6.23. The third-order valence-electron chi connectivity index (χ3n) is 2.14. The maximum Gasteiger partial charge on any atom is 0.186 e. The molecule has 0 unspecified atom stereocenters. The monoisotopic (exact) mass is 235 g/mol. The minimum absolute atomic E-state index is 0.545. The number of hydrazone groups is 1. The van der Waals surface area contributed by atoms with Gasteiger partial charge in [0.2, 0.25) is 0 Å². The van der Waals surface area contributed by atoms with Crippen molar-refractivity contribution in [1.82, 2.24) is 10.7 Å². The van der Waals surface area contributed by atoms with Gasteiger partial charge in [-0.2, -0.15) is 5.10 Å². The normalized spacial score (nSPS) is 10.4. The second-order valence-corrected chi connectivity index (χ2v) is 4.00. The minimum Gasteiger partial charge on any atom is -0.362 e. The van der Waals surface area contributed by atoms with Crippen LogP contribution in [0.4, 0.5) is 0 Å². The van der Waals surface area contributed by atoms with Crippen LogP contribution in [0.15, 0.2) is 23.3 Å². The van der Waals surface area contributed by atoms with Gasteiger partial charge >= 0.3 is 0 Å². The number of benzene rings is 1. The van der Waals surface area contributed by atoms with Gasteiger partial charge < -0.3 is 5.32 Å². The summed E-state index contributed by atoms with van der Waals surface area (Å²) in [4.78, 5) is 0. The molecule has 1 rings (SSSR count). The summed E-state index contributed by atoms with van der Waals surface area (Å²) < 4.78 is 0. The van der Waals surface area contributed by atoms with Crippen molar-refractivity contribution in [3.05, 3.63) is 34.9 Å². The molecule has 0 aromatic heterocycles. The van der Waals surface area contributed by atoms with E-state index in [2.05, 4.69) is 47.9 Å². The van der Waals surface area contributed by atoms with E-state index in [9.17, 15) is 0 Å². The molecule has 0 amide bonds. The Morgan fingerprint density at radius 2 is 2.19 bits per heavy atom. The summed E-state index contributed by atoms with van der Waals surface area (Å²) in [6.45, 7) is 6.91. The number of aryl methyl sites for hydroxylation is 2. The maximum absolute atomic E-state index is 4.99. The van der Waals surface area contributed by atoms with Crippen molar-refractivity contribution < 1.29 is 0 Å². The lowest BCUT2D eigenvalue weighted by atomic mass is 10.1. The van der Waals surface area contributed by atoms with Crippen LogP contribution in [0.2, 0.25) is 0 Å². The first-order valence-corrected chi connectivity index (χ1v) is 5.68. The molecule has 2 N–H and O–H groups in total. The van der Waals surface area contributed by atoms with Crippen molar-refractivity contribution >= 4 is 23.5 Å². The summed E-state index contributed by atoms with van der Waals surface area (Å²) >= 11 is 4.99. The summed E-state index contributed by atoms with van der Waals surface area (Å²) in [5.41, 5.74) is 6.30. The molecule has 0 fully saturated rings. The predicted octanol–water partition coefficient (Wildman–Crippen LogP) is 2.12. The van der Waals surface area contributed by atoms with E-state index in [0.29, 0.717) is 5.11 Å². The molecule has 4 heteroatoms. The lowest BCUT2D eigenvalue weighted by Crippen LogP contribution is -2.31. The number of nitrogens with zero attached hydrogens (tertiary/aromatic N) is 1. The van der Waals surface area contributed by atoms with Gasteiger partial charge in [0.1, 0.15) is 0 Å². The number of rotatable bonds is 3. The van der Waals surface area contributed by atoms with Crippen LogP contribution < -0.4 is 10.7 Å². The van der Waals surface area contributed by atoms with Gasteiger partial charge in [0.05, 0.1) is 6.21 Å². The SMILES string of the molecule is CCNC(=S)NN=Cc1cc(C)ccc1C. The third-order valence-corrected chi connectivity index (χ3v) is 2.38. The number of hydrogen-bond donors (Lipinski definition) is 2. The Morgan fingerprint density at radius 3 is 2.88 bits per heavy atom. The Bertz CT molecular complexity index is 399. The lowest BCUT2D eigenvalue weighted by molar-refractivity contribution is 0.904. The van der Waals surface area contributed by atoms with E-state index in [0.717, 1.165) is 12.1 Å². The first-order valence-electron chi connectivity index (χ1n) is 5.27. The summed E-state index contributed by atoms with van der Waals surface area (Å²) in [7, 11) is 0. The van der Waals surface area contributed by atoms with E-state index >= 15 is 0 Å². The van der Waals surface area contributed by atoms with Crippen LogP contribution in [-0.4, -0.2) is 17.9 Å². The lowest BCUT2D eigenvalue weighted by Gasteiger charge is -2.04. The highest BCUT2D eigenvalue weighted by Gasteiger charge is 1.95. The van der Waals surface area contributed by atoms with E-state index in [-0.39, 0.29) is 0 Å². The van der Waals surface area contributed by atoms with Gasteiger partial charge in [-0.05, 0) is 44.1 Å². The second-order valence-electron chi connectivity index (χ2n) is 3.59. The zero-order valence-electron chi connectivity index (χ0n) is 9.87. The molecule has 0 atom stereocenters. The van der Waals surface area contributed by atoms with Crippen LogP contribution in [0.1, 0.15) is 23.6 Å².